The maximum Gasteiger partial charge on any atom is 0.338 e. The Labute approximate surface area is 166 Å². The zero-order chi connectivity index (χ0) is 19.8. The summed E-state index contributed by atoms with van der Waals surface area (Å²) in [6.07, 6.45) is 0.250. The third-order valence-corrected chi connectivity index (χ3v) is 4.33. The normalized spacial score (nSPS) is 11.4. The topological polar surface area (TPSA) is 81.7 Å². The molecule has 6 nitrogen and oxygen atoms in total. The van der Waals surface area contributed by atoms with Crippen molar-refractivity contribution in [2.45, 2.75) is 12.5 Å². The van der Waals surface area contributed by atoms with Crippen LogP contribution in [0.2, 0.25) is 10.0 Å². The van der Waals surface area contributed by atoms with Crippen molar-refractivity contribution in [3.63, 3.8) is 0 Å². The number of hydrogen-bond donors (Lipinski definition) is 1. The van der Waals surface area contributed by atoms with E-state index in [9.17, 15) is 14.4 Å². The molecule has 0 fully saturated rings. The fourth-order valence-corrected chi connectivity index (χ4v) is 2.56. The Kier molecular flexibility index (Phi) is 7.64. The number of halogens is 2. The molecule has 2 aromatic rings. The van der Waals surface area contributed by atoms with E-state index in [1.54, 1.807) is 0 Å². The van der Waals surface area contributed by atoms with Crippen LogP contribution >= 0.6 is 23.2 Å². The predicted octanol–water partition coefficient (Wildman–Crippen LogP) is 3.05. The van der Waals surface area contributed by atoms with Gasteiger partial charge in [0.05, 0.1) is 22.7 Å². The Hall–Kier alpha value is -2.57. The summed E-state index contributed by atoms with van der Waals surface area (Å²) in [5.41, 5.74) is 1.01. The number of esters is 2. The molecule has 27 heavy (non-hydrogen) atoms. The molecule has 0 spiro atoms. The Morgan fingerprint density at radius 3 is 2.37 bits per heavy atom. The van der Waals surface area contributed by atoms with Crippen molar-refractivity contribution in [3.8, 4) is 0 Å². The second kappa shape index (κ2) is 9.94. The molecule has 2 aromatic carbocycles. The van der Waals surface area contributed by atoms with Gasteiger partial charge >= 0.3 is 11.9 Å². The lowest BCUT2D eigenvalue weighted by molar-refractivity contribution is -0.145. The van der Waals surface area contributed by atoms with Crippen LogP contribution in [0, 0.1) is 0 Å². The highest BCUT2D eigenvalue weighted by atomic mass is 35.5. The first kappa shape index (κ1) is 20.7. The van der Waals surface area contributed by atoms with Crippen LogP contribution in [0.5, 0.6) is 0 Å². The van der Waals surface area contributed by atoms with Crippen molar-refractivity contribution in [2.24, 2.45) is 0 Å². The van der Waals surface area contributed by atoms with E-state index in [-0.39, 0.29) is 17.0 Å². The number of rotatable bonds is 7. The molecule has 0 radical (unpaired) electrons. The van der Waals surface area contributed by atoms with E-state index in [2.05, 4.69) is 5.32 Å². The summed E-state index contributed by atoms with van der Waals surface area (Å²) in [6, 6.07) is 12.5. The van der Waals surface area contributed by atoms with Crippen LogP contribution < -0.4 is 5.32 Å². The first-order valence-electron chi connectivity index (χ1n) is 7.94. The van der Waals surface area contributed by atoms with E-state index in [1.165, 1.54) is 25.3 Å². The van der Waals surface area contributed by atoms with Crippen molar-refractivity contribution in [1.29, 1.82) is 0 Å². The van der Waals surface area contributed by atoms with E-state index in [4.69, 9.17) is 32.7 Å². The average molecular weight is 410 g/mol. The van der Waals surface area contributed by atoms with E-state index in [0.717, 1.165) is 5.56 Å². The van der Waals surface area contributed by atoms with Crippen molar-refractivity contribution in [2.75, 3.05) is 13.7 Å². The van der Waals surface area contributed by atoms with Crippen LogP contribution in [-0.2, 0) is 25.5 Å². The molecule has 0 heterocycles. The number of methoxy groups -OCH3 is 1. The molecule has 1 N–H and O–H groups in total. The van der Waals surface area contributed by atoms with Crippen molar-refractivity contribution < 1.29 is 23.9 Å². The molecule has 0 aliphatic rings. The minimum atomic E-state index is -0.895. The highest BCUT2D eigenvalue weighted by Crippen LogP contribution is 2.22. The van der Waals surface area contributed by atoms with Gasteiger partial charge in [-0.1, -0.05) is 53.5 Å². The van der Waals surface area contributed by atoms with Crippen molar-refractivity contribution >= 4 is 41.0 Å². The molecule has 1 atom stereocenters. The van der Waals surface area contributed by atoms with E-state index in [0.29, 0.717) is 5.02 Å². The quantitative estimate of drug-likeness (QED) is 0.710. The maximum absolute atomic E-state index is 12.1. The van der Waals surface area contributed by atoms with Crippen LogP contribution in [-0.4, -0.2) is 37.6 Å². The molecule has 1 amide bonds. The minimum absolute atomic E-state index is 0.158. The van der Waals surface area contributed by atoms with Gasteiger partial charge < -0.3 is 14.8 Å². The van der Waals surface area contributed by atoms with Gasteiger partial charge in [-0.15, -0.1) is 0 Å². The fraction of sp³-hybridized carbons (Fsp3) is 0.211. The summed E-state index contributed by atoms with van der Waals surface area (Å²) < 4.78 is 9.66. The highest BCUT2D eigenvalue weighted by Gasteiger charge is 2.22. The number of nitrogens with one attached hydrogen (secondary N) is 1. The molecular formula is C19H17Cl2NO5. The third-order valence-electron chi connectivity index (χ3n) is 3.59. The van der Waals surface area contributed by atoms with Gasteiger partial charge in [-0.2, -0.15) is 0 Å². The van der Waals surface area contributed by atoms with Crippen LogP contribution in [0.3, 0.4) is 0 Å². The molecule has 0 aliphatic carbocycles. The summed E-state index contributed by atoms with van der Waals surface area (Å²) in [7, 11) is 1.23. The maximum atomic E-state index is 12.1. The van der Waals surface area contributed by atoms with Crippen LogP contribution in [0.25, 0.3) is 0 Å². The van der Waals surface area contributed by atoms with Gasteiger partial charge in [0.2, 0.25) is 0 Å². The molecule has 0 saturated heterocycles. The zero-order valence-corrected chi connectivity index (χ0v) is 15.9. The number of carbonyl (C=O) groups excluding carboxylic acids is 3. The molecule has 0 unspecified atom stereocenters. The van der Waals surface area contributed by atoms with Gasteiger partial charge in [0.25, 0.3) is 5.91 Å². The molecule has 142 valence electrons. The van der Waals surface area contributed by atoms with E-state index < -0.39 is 30.5 Å². The summed E-state index contributed by atoms with van der Waals surface area (Å²) in [4.78, 5) is 36.0. The summed E-state index contributed by atoms with van der Waals surface area (Å²) in [5.74, 6) is -1.96. The van der Waals surface area contributed by atoms with Gasteiger partial charge in [-0.3, -0.25) is 4.79 Å². The molecule has 0 saturated carbocycles. The first-order valence-corrected chi connectivity index (χ1v) is 8.69. The van der Waals surface area contributed by atoms with Gasteiger partial charge in [-0.25, -0.2) is 9.59 Å². The Balaban J connectivity index is 1.93. The number of ether oxygens (including phenoxy) is 2. The standard InChI is InChI=1S/C19H17Cl2NO5/c1-26-19(25)16(9-12-5-3-2-4-6-12)22-17(23)11-27-18(24)13-7-8-14(20)15(21)10-13/h2-8,10,16H,9,11H2,1H3,(H,22,23)/t16-/m1/s1. The Bertz CT molecular complexity index is 826. The zero-order valence-electron chi connectivity index (χ0n) is 14.4. The summed E-state index contributed by atoms with van der Waals surface area (Å²) in [6.45, 7) is -0.554. The SMILES string of the molecule is COC(=O)[C@@H](Cc1ccccc1)NC(=O)COC(=O)c1ccc(Cl)c(Cl)c1. The monoisotopic (exact) mass is 409 g/mol. The smallest absolute Gasteiger partial charge is 0.338 e. The van der Waals surface area contributed by atoms with Crippen LogP contribution in [0.15, 0.2) is 48.5 Å². The molecule has 0 aromatic heterocycles. The average Bonchev–Trinajstić information content (AvgIpc) is 2.67. The lowest BCUT2D eigenvalue weighted by atomic mass is 10.1. The number of amides is 1. The number of benzene rings is 2. The first-order chi connectivity index (χ1) is 12.9. The fourth-order valence-electron chi connectivity index (χ4n) is 2.26. The third kappa shape index (κ3) is 6.27. The number of hydrogen-bond acceptors (Lipinski definition) is 5. The lowest BCUT2D eigenvalue weighted by Gasteiger charge is -2.16. The van der Waals surface area contributed by atoms with Crippen molar-refractivity contribution in [1.82, 2.24) is 5.32 Å². The second-order valence-electron chi connectivity index (χ2n) is 5.54. The lowest BCUT2D eigenvalue weighted by Crippen LogP contribution is -2.44. The minimum Gasteiger partial charge on any atom is -0.467 e. The highest BCUT2D eigenvalue weighted by molar-refractivity contribution is 6.42. The Morgan fingerprint density at radius 2 is 1.74 bits per heavy atom. The van der Waals surface area contributed by atoms with Gasteiger partial charge in [0, 0.05) is 6.42 Å². The van der Waals surface area contributed by atoms with Gasteiger partial charge in [0.1, 0.15) is 6.04 Å². The summed E-state index contributed by atoms with van der Waals surface area (Å²) >= 11 is 11.6. The predicted molar refractivity (Wildman–Crippen MR) is 101 cm³/mol. The van der Waals surface area contributed by atoms with Crippen LogP contribution in [0.1, 0.15) is 15.9 Å². The molecule has 8 heteroatoms. The molecule has 0 aliphatic heterocycles. The van der Waals surface area contributed by atoms with Crippen LogP contribution in [0.4, 0.5) is 0 Å². The second-order valence-corrected chi connectivity index (χ2v) is 6.35. The van der Waals surface area contributed by atoms with Crippen molar-refractivity contribution in [3.05, 3.63) is 69.7 Å². The van der Waals surface area contributed by atoms with Gasteiger partial charge in [0.15, 0.2) is 6.61 Å². The molecular weight excluding hydrogens is 393 g/mol. The van der Waals surface area contributed by atoms with E-state index in [1.807, 2.05) is 30.3 Å². The largest absolute Gasteiger partial charge is 0.467 e. The molecule has 2 rings (SSSR count). The number of carbonyl (C=O) groups is 3. The van der Waals surface area contributed by atoms with E-state index >= 15 is 0 Å². The summed E-state index contributed by atoms with van der Waals surface area (Å²) in [5, 5.41) is 3.00. The Morgan fingerprint density at radius 1 is 1.04 bits per heavy atom. The van der Waals surface area contributed by atoms with Gasteiger partial charge in [-0.05, 0) is 23.8 Å². The molecule has 0 bridgehead atoms.